The van der Waals surface area contributed by atoms with Gasteiger partial charge < -0.3 is 15.2 Å². The van der Waals surface area contributed by atoms with Gasteiger partial charge in [-0.2, -0.15) is 5.26 Å². The maximum absolute atomic E-state index is 9.02. The molecule has 0 amide bonds. The van der Waals surface area contributed by atoms with E-state index in [2.05, 4.69) is 11.4 Å². The van der Waals surface area contributed by atoms with Crippen molar-refractivity contribution in [1.29, 1.82) is 5.26 Å². The molecule has 104 valence electrons. The van der Waals surface area contributed by atoms with Crippen molar-refractivity contribution in [3.63, 3.8) is 0 Å². The first-order chi connectivity index (χ1) is 9.13. The molecule has 1 aromatic carbocycles. The highest BCUT2D eigenvalue weighted by Crippen LogP contribution is 2.15. The van der Waals surface area contributed by atoms with Crippen molar-refractivity contribution < 1.29 is 9.84 Å². The molecule has 4 heteroatoms. The number of nitrogens with one attached hydrogen (secondary N) is 1. The van der Waals surface area contributed by atoms with Gasteiger partial charge in [-0.05, 0) is 50.9 Å². The average molecular weight is 262 g/mol. The number of ether oxygens (including phenoxy) is 1. The van der Waals surface area contributed by atoms with Gasteiger partial charge >= 0.3 is 0 Å². The Morgan fingerprint density at radius 1 is 1.42 bits per heavy atom. The maximum Gasteiger partial charge on any atom is 0.119 e. The van der Waals surface area contributed by atoms with Gasteiger partial charge in [0.1, 0.15) is 11.3 Å². The van der Waals surface area contributed by atoms with Crippen LogP contribution in [0.25, 0.3) is 0 Å². The van der Waals surface area contributed by atoms with Crippen LogP contribution in [0.3, 0.4) is 0 Å². The van der Waals surface area contributed by atoms with Crippen molar-refractivity contribution in [2.75, 3.05) is 13.7 Å². The number of aliphatic hydroxyl groups excluding tert-OH is 1. The number of hydrogen-bond donors (Lipinski definition) is 2. The first kappa shape index (κ1) is 15.5. The van der Waals surface area contributed by atoms with Gasteiger partial charge in [-0.15, -0.1) is 0 Å². The lowest BCUT2D eigenvalue weighted by atomic mass is 9.97. The number of hydrogen-bond acceptors (Lipinski definition) is 4. The fraction of sp³-hybridized carbons (Fsp3) is 0.533. The van der Waals surface area contributed by atoms with Crippen LogP contribution in [0.4, 0.5) is 0 Å². The zero-order valence-corrected chi connectivity index (χ0v) is 11.6. The molecular weight excluding hydrogens is 240 g/mol. The molecule has 19 heavy (non-hydrogen) atoms. The molecule has 0 saturated carbocycles. The lowest BCUT2D eigenvalue weighted by Gasteiger charge is -2.20. The van der Waals surface area contributed by atoms with E-state index in [1.165, 1.54) is 0 Å². The van der Waals surface area contributed by atoms with E-state index in [-0.39, 0.29) is 6.61 Å². The molecule has 0 aromatic heterocycles. The Hall–Kier alpha value is -1.57. The SMILES string of the molecule is CNC(C)(C#N)CCCCOc1cccc(CO)c1. The second kappa shape index (κ2) is 7.78. The van der Waals surface area contributed by atoms with Crippen LogP contribution in [0.1, 0.15) is 31.7 Å². The number of rotatable bonds is 8. The Morgan fingerprint density at radius 2 is 2.21 bits per heavy atom. The number of benzene rings is 1. The van der Waals surface area contributed by atoms with Crippen LogP contribution in [0.15, 0.2) is 24.3 Å². The molecule has 4 nitrogen and oxygen atoms in total. The minimum absolute atomic E-state index is 0.0277. The maximum atomic E-state index is 9.02. The highest BCUT2D eigenvalue weighted by Gasteiger charge is 2.19. The standard InChI is InChI=1S/C15H22N2O2/c1-15(12-16,17-2)8-3-4-9-19-14-7-5-6-13(10-14)11-18/h5-7,10,17-18H,3-4,8-9,11H2,1-2H3. The van der Waals surface area contributed by atoms with E-state index in [4.69, 9.17) is 15.1 Å². The summed E-state index contributed by atoms with van der Waals surface area (Å²) in [4.78, 5) is 0. The Morgan fingerprint density at radius 3 is 2.84 bits per heavy atom. The third-order valence-electron chi connectivity index (χ3n) is 3.22. The van der Waals surface area contributed by atoms with Crippen LogP contribution in [0, 0.1) is 11.3 Å². The Kier molecular flexibility index (Phi) is 6.34. The smallest absolute Gasteiger partial charge is 0.119 e. The number of unbranched alkanes of at least 4 members (excludes halogenated alkanes) is 1. The van der Waals surface area contributed by atoms with Gasteiger partial charge in [0.2, 0.25) is 0 Å². The molecule has 1 rings (SSSR count). The van der Waals surface area contributed by atoms with Gasteiger partial charge in [0.05, 0.1) is 19.3 Å². The van der Waals surface area contributed by atoms with E-state index in [1.54, 1.807) is 7.05 Å². The van der Waals surface area contributed by atoms with Crippen molar-refractivity contribution in [3.8, 4) is 11.8 Å². The molecule has 0 fully saturated rings. The predicted molar refractivity (Wildman–Crippen MR) is 74.8 cm³/mol. The Balaban J connectivity index is 2.26. The van der Waals surface area contributed by atoms with Crippen LogP contribution in [0.2, 0.25) is 0 Å². The fourth-order valence-electron chi connectivity index (χ4n) is 1.74. The van der Waals surface area contributed by atoms with Gasteiger partial charge in [0, 0.05) is 0 Å². The predicted octanol–water partition coefficient (Wildman–Crippen LogP) is 2.23. The largest absolute Gasteiger partial charge is 0.494 e. The topological polar surface area (TPSA) is 65.3 Å². The van der Waals surface area contributed by atoms with E-state index in [0.29, 0.717) is 6.61 Å². The third-order valence-corrected chi connectivity index (χ3v) is 3.22. The second-order valence-electron chi connectivity index (χ2n) is 4.80. The Bertz CT molecular complexity index is 428. The third kappa shape index (κ3) is 5.29. The Labute approximate surface area is 115 Å². The van der Waals surface area contributed by atoms with Crippen LogP contribution < -0.4 is 10.1 Å². The van der Waals surface area contributed by atoms with Gasteiger partial charge in [-0.3, -0.25) is 0 Å². The minimum Gasteiger partial charge on any atom is -0.494 e. The highest BCUT2D eigenvalue weighted by atomic mass is 16.5. The summed E-state index contributed by atoms with van der Waals surface area (Å²) in [5.41, 5.74) is 0.404. The molecule has 1 aromatic rings. The van der Waals surface area contributed by atoms with Crippen LogP contribution >= 0.6 is 0 Å². The monoisotopic (exact) mass is 262 g/mol. The van der Waals surface area contributed by atoms with Crippen molar-refractivity contribution in [2.45, 2.75) is 38.3 Å². The summed E-state index contributed by atoms with van der Waals surface area (Å²) in [6, 6.07) is 9.72. The number of nitriles is 1. The summed E-state index contributed by atoms with van der Waals surface area (Å²) in [6.07, 6.45) is 2.65. The average Bonchev–Trinajstić information content (AvgIpc) is 2.47. The first-order valence-corrected chi connectivity index (χ1v) is 6.56. The van der Waals surface area contributed by atoms with E-state index in [0.717, 1.165) is 30.6 Å². The van der Waals surface area contributed by atoms with Gasteiger partial charge in [-0.25, -0.2) is 0 Å². The molecule has 1 atom stereocenters. The summed E-state index contributed by atoms with van der Waals surface area (Å²) in [6.45, 7) is 2.55. The van der Waals surface area contributed by atoms with E-state index in [9.17, 15) is 0 Å². The highest BCUT2D eigenvalue weighted by molar-refractivity contribution is 5.27. The summed E-state index contributed by atoms with van der Waals surface area (Å²) in [5.74, 6) is 0.781. The molecule has 0 aliphatic heterocycles. The molecule has 0 saturated heterocycles. The number of aliphatic hydroxyl groups is 1. The van der Waals surface area contributed by atoms with Crippen molar-refractivity contribution >= 4 is 0 Å². The lowest BCUT2D eigenvalue weighted by Crippen LogP contribution is -2.37. The zero-order valence-electron chi connectivity index (χ0n) is 11.6. The van der Waals surface area contributed by atoms with Crippen LogP contribution in [-0.4, -0.2) is 24.3 Å². The summed E-state index contributed by atoms with van der Waals surface area (Å²) in [7, 11) is 1.81. The molecule has 1 unspecified atom stereocenters. The molecular formula is C15H22N2O2. The molecule has 0 radical (unpaired) electrons. The van der Waals surface area contributed by atoms with Gasteiger partial charge in [-0.1, -0.05) is 12.1 Å². The summed E-state index contributed by atoms with van der Waals surface area (Å²) >= 11 is 0. The summed E-state index contributed by atoms with van der Waals surface area (Å²) in [5, 5.41) is 21.1. The number of nitrogens with zero attached hydrogens (tertiary/aromatic N) is 1. The van der Waals surface area contributed by atoms with Crippen LogP contribution in [0.5, 0.6) is 5.75 Å². The molecule has 2 N–H and O–H groups in total. The second-order valence-corrected chi connectivity index (χ2v) is 4.80. The fourth-order valence-corrected chi connectivity index (χ4v) is 1.74. The summed E-state index contributed by atoms with van der Waals surface area (Å²) < 4.78 is 5.62. The van der Waals surface area contributed by atoms with E-state index in [1.807, 2.05) is 31.2 Å². The normalized spacial score (nSPS) is 13.6. The molecule has 0 aliphatic carbocycles. The van der Waals surface area contributed by atoms with Crippen molar-refractivity contribution in [2.24, 2.45) is 0 Å². The van der Waals surface area contributed by atoms with E-state index < -0.39 is 5.54 Å². The van der Waals surface area contributed by atoms with Crippen LogP contribution in [-0.2, 0) is 6.61 Å². The lowest BCUT2D eigenvalue weighted by molar-refractivity contribution is 0.277. The van der Waals surface area contributed by atoms with Gasteiger partial charge in [0.15, 0.2) is 0 Å². The van der Waals surface area contributed by atoms with E-state index >= 15 is 0 Å². The molecule has 0 bridgehead atoms. The van der Waals surface area contributed by atoms with Crippen molar-refractivity contribution in [3.05, 3.63) is 29.8 Å². The first-order valence-electron chi connectivity index (χ1n) is 6.56. The zero-order chi connectivity index (χ0) is 14.1. The molecule has 0 aliphatic rings. The molecule has 0 heterocycles. The quantitative estimate of drug-likeness (QED) is 0.705. The molecule has 0 spiro atoms. The van der Waals surface area contributed by atoms with Crippen molar-refractivity contribution in [1.82, 2.24) is 5.32 Å². The minimum atomic E-state index is -0.448. The van der Waals surface area contributed by atoms with Gasteiger partial charge in [0.25, 0.3) is 0 Å².